The monoisotopic (exact) mass is 327 g/mol. The third-order valence-corrected chi connectivity index (χ3v) is 6.01. The Morgan fingerprint density at radius 1 is 1.30 bits per heavy atom. The summed E-state index contributed by atoms with van der Waals surface area (Å²) >= 11 is 1.78. The van der Waals surface area contributed by atoms with Crippen LogP contribution in [0.25, 0.3) is 16.5 Å². The van der Waals surface area contributed by atoms with Crippen molar-refractivity contribution in [3.8, 4) is 10.4 Å². The van der Waals surface area contributed by atoms with Gasteiger partial charge < -0.3 is 5.11 Å². The van der Waals surface area contributed by atoms with Gasteiger partial charge in [0.05, 0.1) is 11.5 Å². The number of aromatic nitrogens is 1. The van der Waals surface area contributed by atoms with Gasteiger partial charge in [0, 0.05) is 29.1 Å². The standard InChI is InChI=1S/C20H25NOS/c1-4-14(5-2)15-9-16(22)11-18-17(10-15)20(13(3)12-21-18)19-7-6-8-23-19/h6-8,11-12,14-15,22H,4-5,9-10H2,1-3H3. The maximum Gasteiger partial charge on any atom is 0.0947 e. The number of aliphatic hydroxyl groups is 1. The molecular weight excluding hydrogens is 302 g/mol. The number of aryl methyl sites for hydroxylation is 1. The van der Waals surface area contributed by atoms with Crippen LogP contribution >= 0.6 is 11.3 Å². The molecule has 3 rings (SSSR count). The SMILES string of the molecule is CCC(CC)C1CC(O)=Cc2ncc(C)c(-c3cccs3)c2C1. The average Bonchev–Trinajstić information content (AvgIpc) is 2.99. The molecule has 1 atom stereocenters. The van der Waals surface area contributed by atoms with Gasteiger partial charge in [-0.1, -0.05) is 32.8 Å². The zero-order valence-electron chi connectivity index (χ0n) is 14.2. The van der Waals surface area contributed by atoms with E-state index in [0.29, 0.717) is 17.6 Å². The maximum atomic E-state index is 10.4. The van der Waals surface area contributed by atoms with Crippen LogP contribution in [0.4, 0.5) is 0 Å². The number of hydrogen-bond donors (Lipinski definition) is 1. The van der Waals surface area contributed by atoms with E-state index in [2.05, 4.69) is 43.3 Å². The summed E-state index contributed by atoms with van der Waals surface area (Å²) in [5.74, 6) is 1.62. The quantitative estimate of drug-likeness (QED) is 0.745. The minimum Gasteiger partial charge on any atom is -0.512 e. The van der Waals surface area contributed by atoms with E-state index in [4.69, 9.17) is 0 Å². The van der Waals surface area contributed by atoms with Crippen molar-refractivity contribution in [2.45, 2.75) is 46.5 Å². The Balaban J connectivity index is 2.13. The molecule has 3 heteroatoms. The number of aliphatic hydroxyl groups excluding tert-OH is 1. The number of rotatable bonds is 4. The normalized spacial score (nSPS) is 17.7. The number of fused-ring (bicyclic) bond motifs is 1. The van der Waals surface area contributed by atoms with Crippen LogP contribution in [0, 0.1) is 18.8 Å². The summed E-state index contributed by atoms with van der Waals surface area (Å²) < 4.78 is 0. The Morgan fingerprint density at radius 3 is 2.74 bits per heavy atom. The highest BCUT2D eigenvalue weighted by molar-refractivity contribution is 7.13. The first-order valence-electron chi connectivity index (χ1n) is 8.55. The second kappa shape index (κ2) is 6.88. The van der Waals surface area contributed by atoms with Gasteiger partial charge in [-0.05, 0) is 47.8 Å². The molecule has 0 aliphatic heterocycles. The van der Waals surface area contributed by atoms with Crippen molar-refractivity contribution in [1.29, 1.82) is 0 Å². The summed E-state index contributed by atoms with van der Waals surface area (Å²) in [6.45, 7) is 6.66. The molecule has 0 fully saturated rings. The topological polar surface area (TPSA) is 33.1 Å². The molecule has 0 radical (unpaired) electrons. The van der Waals surface area contributed by atoms with E-state index in [1.54, 1.807) is 11.3 Å². The third-order valence-electron chi connectivity index (χ3n) is 5.13. The highest BCUT2D eigenvalue weighted by Gasteiger charge is 2.27. The second-order valence-electron chi connectivity index (χ2n) is 6.54. The molecule has 2 aromatic heterocycles. The first-order valence-corrected chi connectivity index (χ1v) is 9.43. The average molecular weight is 327 g/mol. The first kappa shape index (κ1) is 16.3. The Hall–Kier alpha value is -1.61. The fraction of sp³-hybridized carbons (Fsp3) is 0.450. The lowest BCUT2D eigenvalue weighted by Crippen LogP contribution is -2.17. The third kappa shape index (κ3) is 3.20. The van der Waals surface area contributed by atoms with Crippen LogP contribution in [0.2, 0.25) is 0 Å². The zero-order valence-corrected chi connectivity index (χ0v) is 15.0. The molecule has 0 amide bonds. The van der Waals surface area contributed by atoms with Crippen molar-refractivity contribution in [2.24, 2.45) is 11.8 Å². The minimum absolute atomic E-state index is 0.481. The number of thiophene rings is 1. The van der Waals surface area contributed by atoms with Crippen LogP contribution in [-0.4, -0.2) is 10.1 Å². The summed E-state index contributed by atoms with van der Waals surface area (Å²) in [6, 6.07) is 4.29. The van der Waals surface area contributed by atoms with Gasteiger partial charge in [-0.25, -0.2) is 0 Å². The highest BCUT2D eigenvalue weighted by atomic mass is 32.1. The predicted molar refractivity (Wildman–Crippen MR) is 98.8 cm³/mol. The summed E-state index contributed by atoms with van der Waals surface area (Å²) in [4.78, 5) is 5.92. The molecule has 122 valence electrons. The van der Waals surface area contributed by atoms with Crippen molar-refractivity contribution >= 4 is 17.4 Å². The molecule has 1 N–H and O–H groups in total. The molecule has 1 aliphatic carbocycles. The molecule has 2 nitrogen and oxygen atoms in total. The molecule has 1 unspecified atom stereocenters. The molecule has 0 bridgehead atoms. The maximum absolute atomic E-state index is 10.4. The van der Waals surface area contributed by atoms with Crippen LogP contribution in [-0.2, 0) is 6.42 Å². The molecule has 1 aliphatic rings. The van der Waals surface area contributed by atoms with Crippen LogP contribution in [0.15, 0.2) is 29.5 Å². The van der Waals surface area contributed by atoms with Crippen molar-refractivity contribution in [1.82, 2.24) is 4.98 Å². The van der Waals surface area contributed by atoms with Crippen molar-refractivity contribution in [3.63, 3.8) is 0 Å². The number of pyridine rings is 1. The fourth-order valence-electron chi connectivity index (χ4n) is 3.88. The van der Waals surface area contributed by atoms with Crippen molar-refractivity contribution < 1.29 is 5.11 Å². The summed E-state index contributed by atoms with van der Waals surface area (Å²) in [7, 11) is 0. The Labute approximate surface area is 142 Å². The number of hydrogen-bond acceptors (Lipinski definition) is 3. The van der Waals surface area contributed by atoms with Gasteiger partial charge in [-0.3, -0.25) is 4.98 Å². The van der Waals surface area contributed by atoms with Gasteiger partial charge in [-0.2, -0.15) is 0 Å². The predicted octanol–water partition coefficient (Wildman–Crippen LogP) is 6.02. The summed E-state index contributed by atoms with van der Waals surface area (Å²) in [5, 5.41) is 12.5. The van der Waals surface area contributed by atoms with Crippen LogP contribution in [0.1, 0.15) is 49.9 Å². The van der Waals surface area contributed by atoms with E-state index in [9.17, 15) is 5.11 Å². The molecule has 23 heavy (non-hydrogen) atoms. The molecule has 2 aromatic rings. The second-order valence-corrected chi connectivity index (χ2v) is 7.49. The van der Waals surface area contributed by atoms with E-state index >= 15 is 0 Å². The van der Waals surface area contributed by atoms with Gasteiger partial charge in [0.25, 0.3) is 0 Å². The Bertz CT molecular complexity index is 699. The lowest BCUT2D eigenvalue weighted by molar-refractivity contribution is 0.270. The van der Waals surface area contributed by atoms with E-state index in [0.717, 1.165) is 31.4 Å². The molecule has 0 spiro atoms. The van der Waals surface area contributed by atoms with E-state index < -0.39 is 0 Å². The molecule has 0 aromatic carbocycles. The van der Waals surface area contributed by atoms with Crippen LogP contribution in [0.5, 0.6) is 0 Å². The van der Waals surface area contributed by atoms with E-state index in [1.807, 2.05) is 12.3 Å². The number of nitrogens with zero attached hydrogens (tertiary/aromatic N) is 1. The van der Waals surface area contributed by atoms with E-state index in [-0.39, 0.29) is 0 Å². The van der Waals surface area contributed by atoms with Gasteiger partial charge >= 0.3 is 0 Å². The van der Waals surface area contributed by atoms with Gasteiger partial charge in [0.2, 0.25) is 0 Å². The molecule has 0 saturated heterocycles. The lowest BCUT2D eigenvalue weighted by Gasteiger charge is -2.25. The van der Waals surface area contributed by atoms with Crippen LogP contribution < -0.4 is 0 Å². The van der Waals surface area contributed by atoms with E-state index in [1.165, 1.54) is 21.6 Å². The van der Waals surface area contributed by atoms with Crippen LogP contribution in [0.3, 0.4) is 0 Å². The summed E-state index contributed by atoms with van der Waals surface area (Å²) in [5.41, 5.74) is 4.81. The Morgan fingerprint density at radius 2 is 2.09 bits per heavy atom. The highest BCUT2D eigenvalue weighted by Crippen LogP contribution is 2.39. The Kier molecular flexibility index (Phi) is 4.86. The lowest BCUT2D eigenvalue weighted by atomic mass is 9.80. The van der Waals surface area contributed by atoms with Gasteiger partial charge in [0.15, 0.2) is 0 Å². The van der Waals surface area contributed by atoms with Crippen molar-refractivity contribution in [2.75, 3.05) is 0 Å². The largest absolute Gasteiger partial charge is 0.512 e. The van der Waals surface area contributed by atoms with Gasteiger partial charge in [-0.15, -0.1) is 11.3 Å². The number of allylic oxidation sites excluding steroid dienone is 1. The first-order chi connectivity index (χ1) is 11.1. The minimum atomic E-state index is 0.481. The van der Waals surface area contributed by atoms with Crippen molar-refractivity contribution in [3.05, 3.63) is 46.3 Å². The molecule has 2 heterocycles. The zero-order chi connectivity index (χ0) is 16.4. The fourth-order valence-corrected chi connectivity index (χ4v) is 4.74. The summed E-state index contributed by atoms with van der Waals surface area (Å²) in [6.07, 6.45) is 7.92. The smallest absolute Gasteiger partial charge is 0.0947 e. The van der Waals surface area contributed by atoms with Gasteiger partial charge in [0.1, 0.15) is 0 Å². The molecular formula is C20H25NOS. The molecule has 0 saturated carbocycles.